The SMILES string of the molecule is C=C[C@@]1(C)CC[C@@]2(C)[C@@H](CC[C@]3(C)C(=C)C(=O)CC[C@H]23)C1. The third-order valence-corrected chi connectivity index (χ3v) is 7.64. The van der Waals surface area contributed by atoms with E-state index in [2.05, 4.69) is 40.0 Å². The first-order chi connectivity index (χ1) is 9.75. The summed E-state index contributed by atoms with van der Waals surface area (Å²) in [4.78, 5) is 12.2. The average Bonchev–Trinajstić information content (AvgIpc) is 2.46. The fraction of sp³-hybridized carbons (Fsp3) is 0.750. The van der Waals surface area contributed by atoms with Gasteiger partial charge in [-0.2, -0.15) is 0 Å². The van der Waals surface area contributed by atoms with Crippen LogP contribution in [0.3, 0.4) is 0 Å². The summed E-state index contributed by atoms with van der Waals surface area (Å²) in [6.45, 7) is 15.5. The van der Waals surface area contributed by atoms with E-state index in [1.165, 1.54) is 25.7 Å². The molecule has 5 atom stereocenters. The molecule has 0 aromatic heterocycles. The predicted molar refractivity (Wildman–Crippen MR) is 88.0 cm³/mol. The molecule has 0 aliphatic heterocycles. The van der Waals surface area contributed by atoms with Crippen molar-refractivity contribution in [3.63, 3.8) is 0 Å². The zero-order valence-electron chi connectivity index (χ0n) is 14.0. The Hall–Kier alpha value is -0.850. The molecule has 1 heteroatoms. The fourth-order valence-electron chi connectivity index (χ4n) is 5.86. The van der Waals surface area contributed by atoms with Crippen LogP contribution in [0, 0.1) is 28.1 Å². The third-order valence-electron chi connectivity index (χ3n) is 7.64. The minimum atomic E-state index is 0.0580. The highest BCUT2D eigenvalue weighted by molar-refractivity contribution is 5.97. The average molecular weight is 286 g/mol. The van der Waals surface area contributed by atoms with Gasteiger partial charge in [0.05, 0.1) is 0 Å². The van der Waals surface area contributed by atoms with Crippen molar-refractivity contribution in [1.82, 2.24) is 0 Å². The Balaban J connectivity index is 1.94. The van der Waals surface area contributed by atoms with Crippen molar-refractivity contribution in [1.29, 1.82) is 0 Å². The molecule has 0 N–H and O–H groups in total. The molecule has 0 unspecified atom stereocenters. The molecule has 0 amide bonds. The highest BCUT2D eigenvalue weighted by Gasteiger charge is 2.58. The quantitative estimate of drug-likeness (QED) is 0.471. The number of Topliss-reactive ketones (excluding diaryl/α,β-unsaturated/α-hetero) is 1. The monoisotopic (exact) mass is 286 g/mol. The van der Waals surface area contributed by atoms with Gasteiger partial charge >= 0.3 is 0 Å². The van der Waals surface area contributed by atoms with Crippen LogP contribution < -0.4 is 0 Å². The highest BCUT2D eigenvalue weighted by atomic mass is 16.1. The smallest absolute Gasteiger partial charge is 0.158 e. The molecular formula is C20H30O. The van der Waals surface area contributed by atoms with Crippen LogP contribution in [0.1, 0.15) is 65.7 Å². The standard InChI is InChI=1S/C20H30O/c1-6-18(3)11-12-20(5)15(13-18)9-10-19(4)14(2)16(21)7-8-17(19)20/h6,15,17H,1-2,7-13H2,3-5H3/t15-,17-,18-,19+,20-/m0/s1. The van der Waals surface area contributed by atoms with Gasteiger partial charge in [-0.25, -0.2) is 0 Å². The van der Waals surface area contributed by atoms with Crippen LogP contribution >= 0.6 is 0 Å². The number of ketones is 1. The molecule has 0 aromatic rings. The minimum Gasteiger partial charge on any atom is -0.295 e. The van der Waals surface area contributed by atoms with Crippen LogP contribution in [0.4, 0.5) is 0 Å². The summed E-state index contributed by atoms with van der Waals surface area (Å²) in [6, 6.07) is 0. The topological polar surface area (TPSA) is 17.1 Å². The first-order valence-electron chi connectivity index (χ1n) is 8.61. The normalized spacial score (nSPS) is 50.2. The Morgan fingerprint density at radius 1 is 1.14 bits per heavy atom. The van der Waals surface area contributed by atoms with Crippen LogP contribution in [-0.4, -0.2) is 5.78 Å². The van der Waals surface area contributed by atoms with Gasteiger partial charge in [0.1, 0.15) is 0 Å². The van der Waals surface area contributed by atoms with E-state index in [0.29, 0.717) is 22.5 Å². The molecule has 3 aliphatic rings. The molecule has 3 saturated carbocycles. The highest BCUT2D eigenvalue weighted by Crippen LogP contribution is 2.66. The molecule has 0 aromatic carbocycles. The summed E-state index contributed by atoms with van der Waals surface area (Å²) >= 11 is 0. The predicted octanol–water partition coefficient (Wildman–Crippen LogP) is 5.32. The minimum absolute atomic E-state index is 0.0580. The van der Waals surface area contributed by atoms with Crippen molar-refractivity contribution in [3.8, 4) is 0 Å². The van der Waals surface area contributed by atoms with E-state index in [1.54, 1.807) is 0 Å². The van der Waals surface area contributed by atoms with E-state index in [-0.39, 0.29) is 5.41 Å². The van der Waals surface area contributed by atoms with Crippen molar-refractivity contribution in [2.45, 2.75) is 65.7 Å². The summed E-state index contributed by atoms with van der Waals surface area (Å²) in [5, 5.41) is 0. The maximum atomic E-state index is 12.2. The molecule has 0 saturated heterocycles. The van der Waals surface area contributed by atoms with Crippen LogP contribution in [0.15, 0.2) is 24.8 Å². The maximum absolute atomic E-state index is 12.2. The lowest BCUT2D eigenvalue weighted by atomic mass is 9.42. The van der Waals surface area contributed by atoms with Gasteiger partial charge in [-0.1, -0.05) is 33.4 Å². The number of allylic oxidation sites excluding steroid dienone is 2. The number of rotatable bonds is 1. The molecule has 116 valence electrons. The summed E-state index contributed by atoms with van der Waals surface area (Å²) in [5.41, 5.74) is 1.69. The van der Waals surface area contributed by atoms with Crippen molar-refractivity contribution >= 4 is 5.78 Å². The molecule has 21 heavy (non-hydrogen) atoms. The summed E-state index contributed by atoms with van der Waals surface area (Å²) in [7, 11) is 0. The zero-order chi connectivity index (χ0) is 15.5. The molecule has 3 rings (SSSR count). The number of hydrogen-bond acceptors (Lipinski definition) is 1. The molecule has 3 aliphatic carbocycles. The molecule has 3 fully saturated rings. The van der Waals surface area contributed by atoms with Crippen molar-refractivity contribution in [2.24, 2.45) is 28.1 Å². The Morgan fingerprint density at radius 3 is 2.52 bits per heavy atom. The first kappa shape index (κ1) is 15.1. The Labute approximate surface area is 129 Å². The lowest BCUT2D eigenvalue weighted by Crippen LogP contribution is -2.55. The van der Waals surface area contributed by atoms with Crippen LogP contribution in [0.2, 0.25) is 0 Å². The van der Waals surface area contributed by atoms with Gasteiger partial charge in [0.25, 0.3) is 0 Å². The number of hydrogen-bond donors (Lipinski definition) is 0. The van der Waals surface area contributed by atoms with E-state index >= 15 is 0 Å². The fourth-order valence-corrected chi connectivity index (χ4v) is 5.86. The van der Waals surface area contributed by atoms with Crippen molar-refractivity contribution in [2.75, 3.05) is 0 Å². The second kappa shape index (κ2) is 4.57. The Kier molecular flexibility index (Phi) is 3.28. The Morgan fingerprint density at radius 2 is 1.86 bits per heavy atom. The van der Waals surface area contributed by atoms with Crippen LogP contribution in [-0.2, 0) is 4.79 Å². The second-order valence-corrected chi connectivity index (χ2v) is 8.71. The van der Waals surface area contributed by atoms with E-state index in [9.17, 15) is 4.79 Å². The van der Waals surface area contributed by atoms with E-state index in [1.807, 2.05) is 0 Å². The largest absolute Gasteiger partial charge is 0.295 e. The van der Waals surface area contributed by atoms with Crippen LogP contribution in [0.5, 0.6) is 0 Å². The van der Waals surface area contributed by atoms with Gasteiger partial charge in [-0.15, -0.1) is 6.58 Å². The lowest BCUT2D eigenvalue weighted by Gasteiger charge is -2.62. The number of carbonyl (C=O) groups is 1. The maximum Gasteiger partial charge on any atom is 0.158 e. The molecule has 0 bridgehead atoms. The van der Waals surface area contributed by atoms with Gasteiger partial charge in [-0.3, -0.25) is 4.79 Å². The van der Waals surface area contributed by atoms with Gasteiger partial charge in [0.2, 0.25) is 0 Å². The number of fused-ring (bicyclic) bond motifs is 3. The number of carbonyl (C=O) groups excluding carboxylic acids is 1. The summed E-state index contributed by atoms with van der Waals surface area (Å²) in [5.74, 6) is 1.75. The van der Waals surface area contributed by atoms with Gasteiger partial charge in [0, 0.05) is 6.42 Å². The molecule has 0 spiro atoms. The van der Waals surface area contributed by atoms with E-state index in [4.69, 9.17) is 0 Å². The Bertz CT molecular complexity index is 504. The second-order valence-electron chi connectivity index (χ2n) is 8.71. The first-order valence-corrected chi connectivity index (χ1v) is 8.61. The van der Waals surface area contributed by atoms with Crippen molar-refractivity contribution in [3.05, 3.63) is 24.8 Å². The summed E-state index contributed by atoms with van der Waals surface area (Å²) < 4.78 is 0. The van der Waals surface area contributed by atoms with E-state index in [0.717, 1.165) is 30.8 Å². The van der Waals surface area contributed by atoms with Crippen molar-refractivity contribution < 1.29 is 4.79 Å². The van der Waals surface area contributed by atoms with E-state index < -0.39 is 0 Å². The van der Waals surface area contributed by atoms with Gasteiger partial charge < -0.3 is 0 Å². The van der Waals surface area contributed by atoms with Gasteiger partial charge in [0.15, 0.2) is 5.78 Å². The zero-order valence-corrected chi connectivity index (χ0v) is 14.0. The molecule has 0 heterocycles. The molecule has 1 nitrogen and oxygen atoms in total. The summed E-state index contributed by atoms with van der Waals surface area (Å²) in [6.07, 6.45) is 10.2. The lowest BCUT2D eigenvalue weighted by molar-refractivity contribution is -0.131. The molecule has 0 radical (unpaired) electrons. The van der Waals surface area contributed by atoms with Crippen LogP contribution in [0.25, 0.3) is 0 Å². The molecular weight excluding hydrogens is 256 g/mol. The third kappa shape index (κ3) is 1.99. The van der Waals surface area contributed by atoms with Gasteiger partial charge in [-0.05, 0) is 72.2 Å².